The molecule has 0 saturated heterocycles. The number of hydrogen-bond acceptors (Lipinski definition) is 2. The van der Waals surface area contributed by atoms with Crippen molar-refractivity contribution in [3.63, 3.8) is 0 Å². The van der Waals surface area contributed by atoms with Crippen LogP contribution in [0.1, 0.15) is 5.56 Å². The van der Waals surface area contributed by atoms with E-state index in [1.165, 1.54) is 12.1 Å². The third-order valence-electron chi connectivity index (χ3n) is 1.61. The van der Waals surface area contributed by atoms with Crippen molar-refractivity contribution < 1.29 is 9.50 Å². The van der Waals surface area contributed by atoms with E-state index in [4.69, 9.17) is 5.11 Å². The normalized spacial score (nSPS) is 9.50. The molecule has 1 aromatic carbocycles. The van der Waals surface area contributed by atoms with Crippen molar-refractivity contribution in [1.82, 2.24) is 0 Å². The molecule has 0 saturated carbocycles. The summed E-state index contributed by atoms with van der Waals surface area (Å²) in [6.07, 6.45) is 1.55. The van der Waals surface area contributed by atoms with Gasteiger partial charge in [0.1, 0.15) is 0 Å². The number of rotatable bonds is 2. The maximum Gasteiger partial charge on any atom is 0.166 e. The summed E-state index contributed by atoms with van der Waals surface area (Å²) in [5, 5.41) is 11.8. The van der Waals surface area contributed by atoms with Gasteiger partial charge in [-0.25, -0.2) is 4.39 Å². The second-order valence-electron chi connectivity index (χ2n) is 2.34. The Balaban J connectivity index is 3.28. The molecule has 12 heavy (non-hydrogen) atoms. The molecule has 0 fully saturated rings. The van der Waals surface area contributed by atoms with Crippen molar-refractivity contribution in [3.8, 4) is 5.75 Å². The summed E-state index contributed by atoms with van der Waals surface area (Å²) in [4.78, 5) is 0. The molecule has 2 nitrogen and oxygen atoms in total. The van der Waals surface area contributed by atoms with Crippen molar-refractivity contribution in [2.75, 3.05) is 12.4 Å². The van der Waals surface area contributed by atoms with Crippen LogP contribution in [0.5, 0.6) is 5.75 Å². The Morgan fingerprint density at radius 1 is 1.58 bits per heavy atom. The van der Waals surface area contributed by atoms with E-state index >= 15 is 0 Å². The van der Waals surface area contributed by atoms with Crippen molar-refractivity contribution in [3.05, 3.63) is 30.1 Å². The lowest BCUT2D eigenvalue weighted by Crippen LogP contribution is -1.92. The lowest BCUT2D eigenvalue weighted by molar-refractivity contribution is 0.432. The third kappa shape index (κ3) is 1.39. The predicted molar refractivity (Wildman–Crippen MR) is 47.7 cm³/mol. The fourth-order valence-electron chi connectivity index (χ4n) is 0.963. The smallest absolute Gasteiger partial charge is 0.166 e. The zero-order valence-corrected chi connectivity index (χ0v) is 6.76. The molecule has 0 bridgehead atoms. The number of aromatic hydroxyl groups is 1. The fourth-order valence-corrected chi connectivity index (χ4v) is 0.963. The molecule has 64 valence electrons. The number of nitrogens with one attached hydrogen (secondary N) is 1. The van der Waals surface area contributed by atoms with Crippen LogP contribution in [0, 0.1) is 5.82 Å². The van der Waals surface area contributed by atoms with Gasteiger partial charge in [0.05, 0.1) is 0 Å². The van der Waals surface area contributed by atoms with Crippen LogP contribution in [0.3, 0.4) is 0 Å². The van der Waals surface area contributed by atoms with E-state index in [0.29, 0.717) is 11.3 Å². The van der Waals surface area contributed by atoms with Gasteiger partial charge in [-0.15, -0.1) is 0 Å². The molecular formula is C9H10FNO. The van der Waals surface area contributed by atoms with Crippen molar-refractivity contribution in [1.29, 1.82) is 0 Å². The van der Waals surface area contributed by atoms with E-state index in [1.807, 2.05) is 0 Å². The van der Waals surface area contributed by atoms with Crippen LogP contribution in [-0.2, 0) is 0 Å². The van der Waals surface area contributed by atoms with E-state index in [2.05, 4.69) is 11.9 Å². The Labute approximate surface area is 70.3 Å². The SMILES string of the molecule is C=Cc1cc(O)c(F)cc1NC. The summed E-state index contributed by atoms with van der Waals surface area (Å²) in [6.45, 7) is 3.54. The number of anilines is 1. The highest BCUT2D eigenvalue weighted by atomic mass is 19.1. The monoisotopic (exact) mass is 167 g/mol. The number of benzene rings is 1. The predicted octanol–water partition coefficient (Wildman–Crippen LogP) is 2.22. The first-order chi connectivity index (χ1) is 5.69. The number of halogens is 1. The van der Waals surface area contributed by atoms with Crippen molar-refractivity contribution in [2.45, 2.75) is 0 Å². The molecule has 1 rings (SSSR count). The average molecular weight is 167 g/mol. The minimum absolute atomic E-state index is 0.357. The second-order valence-corrected chi connectivity index (χ2v) is 2.34. The summed E-state index contributed by atoms with van der Waals surface area (Å²) in [7, 11) is 1.68. The first-order valence-corrected chi connectivity index (χ1v) is 3.51. The fraction of sp³-hybridized carbons (Fsp3) is 0.111. The molecule has 0 aliphatic heterocycles. The van der Waals surface area contributed by atoms with Gasteiger partial charge < -0.3 is 10.4 Å². The molecule has 1 aromatic rings. The first kappa shape index (κ1) is 8.59. The van der Waals surface area contributed by atoms with Gasteiger partial charge in [0.15, 0.2) is 11.6 Å². The van der Waals surface area contributed by atoms with Crippen LogP contribution < -0.4 is 5.32 Å². The number of phenolic OH excluding ortho intramolecular Hbond substituents is 1. The van der Waals surface area contributed by atoms with Crippen LogP contribution in [0.2, 0.25) is 0 Å². The maximum atomic E-state index is 12.8. The molecular weight excluding hydrogens is 157 g/mol. The van der Waals surface area contributed by atoms with E-state index in [-0.39, 0.29) is 5.75 Å². The highest BCUT2D eigenvalue weighted by molar-refractivity contribution is 5.67. The lowest BCUT2D eigenvalue weighted by Gasteiger charge is -2.05. The largest absolute Gasteiger partial charge is 0.505 e. The Bertz CT molecular complexity index is 310. The van der Waals surface area contributed by atoms with Crippen LogP contribution >= 0.6 is 0 Å². The Hall–Kier alpha value is -1.51. The summed E-state index contributed by atoms with van der Waals surface area (Å²) in [6, 6.07) is 2.56. The second kappa shape index (κ2) is 3.26. The van der Waals surface area contributed by atoms with E-state index in [9.17, 15) is 4.39 Å². The van der Waals surface area contributed by atoms with Crippen LogP contribution in [0.15, 0.2) is 18.7 Å². The Morgan fingerprint density at radius 2 is 2.25 bits per heavy atom. The molecule has 0 heterocycles. The van der Waals surface area contributed by atoms with Crippen molar-refractivity contribution >= 4 is 11.8 Å². The zero-order chi connectivity index (χ0) is 9.14. The van der Waals surface area contributed by atoms with Crippen molar-refractivity contribution in [2.24, 2.45) is 0 Å². The minimum atomic E-state index is -0.634. The molecule has 2 N–H and O–H groups in total. The molecule has 3 heteroatoms. The molecule has 0 spiro atoms. The van der Waals surface area contributed by atoms with Crippen LogP contribution in [0.4, 0.5) is 10.1 Å². The minimum Gasteiger partial charge on any atom is -0.505 e. The van der Waals surface area contributed by atoms with Crippen LogP contribution in [-0.4, -0.2) is 12.2 Å². The van der Waals surface area contributed by atoms with Crippen LogP contribution in [0.25, 0.3) is 6.08 Å². The topological polar surface area (TPSA) is 32.3 Å². The van der Waals surface area contributed by atoms with Gasteiger partial charge in [0.2, 0.25) is 0 Å². The quantitative estimate of drug-likeness (QED) is 0.662. The summed E-state index contributed by atoms with van der Waals surface area (Å²) >= 11 is 0. The highest BCUT2D eigenvalue weighted by Gasteiger charge is 2.04. The first-order valence-electron chi connectivity index (χ1n) is 3.51. The molecule has 0 amide bonds. The number of hydrogen-bond donors (Lipinski definition) is 2. The van der Waals surface area contributed by atoms with Gasteiger partial charge in [0, 0.05) is 24.4 Å². The summed E-state index contributed by atoms with van der Waals surface area (Å²) in [5.74, 6) is -0.992. The number of phenols is 1. The third-order valence-corrected chi connectivity index (χ3v) is 1.61. The summed E-state index contributed by atoms with van der Waals surface area (Å²) in [5.41, 5.74) is 1.29. The Morgan fingerprint density at radius 3 is 2.75 bits per heavy atom. The van der Waals surface area contributed by atoms with E-state index in [0.717, 1.165) is 0 Å². The maximum absolute atomic E-state index is 12.8. The van der Waals surface area contributed by atoms with Gasteiger partial charge in [-0.05, 0) is 6.07 Å². The van der Waals surface area contributed by atoms with Gasteiger partial charge in [0.25, 0.3) is 0 Å². The van der Waals surface area contributed by atoms with E-state index < -0.39 is 5.82 Å². The van der Waals surface area contributed by atoms with Gasteiger partial charge in [-0.2, -0.15) is 0 Å². The molecule has 0 unspecified atom stereocenters. The standard InChI is InChI=1S/C9H10FNO/c1-3-6-4-9(12)7(10)5-8(6)11-2/h3-5,11-12H,1H2,2H3. The van der Waals surface area contributed by atoms with Gasteiger partial charge in [-0.1, -0.05) is 12.7 Å². The van der Waals surface area contributed by atoms with Gasteiger partial charge >= 0.3 is 0 Å². The lowest BCUT2D eigenvalue weighted by atomic mass is 10.1. The molecule has 0 aliphatic carbocycles. The summed E-state index contributed by atoms with van der Waals surface area (Å²) < 4.78 is 12.8. The zero-order valence-electron chi connectivity index (χ0n) is 6.76. The molecule has 0 atom stereocenters. The average Bonchev–Trinajstić information content (AvgIpc) is 2.09. The van der Waals surface area contributed by atoms with Gasteiger partial charge in [-0.3, -0.25) is 0 Å². The molecule has 0 radical (unpaired) electrons. The molecule has 0 aliphatic rings. The van der Waals surface area contributed by atoms with E-state index in [1.54, 1.807) is 13.1 Å². The molecule has 0 aromatic heterocycles. The Kier molecular flexibility index (Phi) is 2.33. The highest BCUT2D eigenvalue weighted by Crippen LogP contribution is 2.25.